The molecular weight excluding hydrogens is 332 g/mol. The number of nitrogens with zero attached hydrogens (tertiary/aromatic N) is 1. The van der Waals surface area contributed by atoms with Crippen molar-refractivity contribution in [2.24, 2.45) is 0 Å². The van der Waals surface area contributed by atoms with Gasteiger partial charge in [0, 0.05) is 10.6 Å². The molecule has 0 saturated heterocycles. The molecule has 0 saturated carbocycles. The number of aromatic nitrogens is 1. The molecule has 1 amide bonds. The van der Waals surface area contributed by atoms with Gasteiger partial charge in [-0.05, 0) is 36.6 Å². The van der Waals surface area contributed by atoms with Gasteiger partial charge in [-0.3, -0.25) is 4.79 Å². The molecular formula is C16H14N2OS3. The van der Waals surface area contributed by atoms with Gasteiger partial charge in [-0.15, -0.1) is 23.1 Å². The van der Waals surface area contributed by atoms with Gasteiger partial charge in [-0.2, -0.15) is 0 Å². The zero-order valence-corrected chi connectivity index (χ0v) is 14.4. The highest BCUT2D eigenvalue weighted by atomic mass is 32.2. The molecule has 0 aliphatic rings. The Bertz CT molecular complexity index is 786. The van der Waals surface area contributed by atoms with E-state index in [4.69, 9.17) is 0 Å². The third-order valence-corrected chi connectivity index (χ3v) is 5.96. The lowest BCUT2D eigenvalue weighted by atomic mass is 10.3. The van der Waals surface area contributed by atoms with Gasteiger partial charge in [0.15, 0.2) is 4.34 Å². The fourth-order valence-corrected chi connectivity index (χ4v) is 4.18. The summed E-state index contributed by atoms with van der Waals surface area (Å²) in [5.74, 6) is 0.406. The maximum atomic E-state index is 12.0. The molecule has 1 heterocycles. The molecule has 0 aliphatic carbocycles. The quantitative estimate of drug-likeness (QED) is 0.677. The number of amides is 1. The Kier molecular flexibility index (Phi) is 5.02. The van der Waals surface area contributed by atoms with E-state index in [1.165, 1.54) is 11.8 Å². The Morgan fingerprint density at radius 2 is 2.05 bits per heavy atom. The monoisotopic (exact) mass is 346 g/mol. The first-order valence-corrected chi connectivity index (χ1v) is 9.69. The summed E-state index contributed by atoms with van der Waals surface area (Å²) in [6.45, 7) is 0. The fourth-order valence-electron chi connectivity index (χ4n) is 1.93. The Balaban J connectivity index is 1.63. The van der Waals surface area contributed by atoms with Crippen LogP contribution in [0.15, 0.2) is 57.8 Å². The maximum Gasteiger partial charge on any atom is 0.234 e. The van der Waals surface area contributed by atoms with Crippen LogP contribution < -0.4 is 5.32 Å². The first-order chi connectivity index (χ1) is 10.7. The van der Waals surface area contributed by atoms with Crippen molar-refractivity contribution in [3.8, 4) is 0 Å². The molecule has 0 radical (unpaired) electrons. The van der Waals surface area contributed by atoms with Crippen LogP contribution in [-0.2, 0) is 4.79 Å². The summed E-state index contributed by atoms with van der Waals surface area (Å²) in [4.78, 5) is 17.6. The van der Waals surface area contributed by atoms with Crippen molar-refractivity contribution in [3.63, 3.8) is 0 Å². The van der Waals surface area contributed by atoms with Crippen LogP contribution in [0.5, 0.6) is 0 Å². The Morgan fingerprint density at radius 3 is 2.82 bits per heavy atom. The van der Waals surface area contributed by atoms with Gasteiger partial charge in [-0.1, -0.05) is 30.0 Å². The van der Waals surface area contributed by atoms with Crippen molar-refractivity contribution < 1.29 is 4.79 Å². The van der Waals surface area contributed by atoms with Gasteiger partial charge < -0.3 is 5.32 Å². The molecule has 112 valence electrons. The number of fused-ring (bicyclic) bond motifs is 1. The molecule has 0 fully saturated rings. The number of benzene rings is 2. The first kappa shape index (κ1) is 15.4. The lowest BCUT2D eigenvalue weighted by Crippen LogP contribution is -2.13. The number of nitrogens with one attached hydrogen (secondary N) is 1. The molecule has 3 aromatic rings. The number of carbonyl (C=O) groups is 1. The highest BCUT2D eigenvalue weighted by molar-refractivity contribution is 8.00. The van der Waals surface area contributed by atoms with Crippen LogP contribution in [0.25, 0.3) is 10.2 Å². The molecule has 0 bridgehead atoms. The summed E-state index contributed by atoms with van der Waals surface area (Å²) in [5.41, 5.74) is 1.80. The molecule has 0 aliphatic heterocycles. The SMILES string of the molecule is CSc1nc2ccc(NC(=O)CSc3ccccc3)cc2s1. The van der Waals surface area contributed by atoms with E-state index in [-0.39, 0.29) is 5.91 Å². The van der Waals surface area contributed by atoms with Crippen molar-refractivity contribution in [3.05, 3.63) is 48.5 Å². The maximum absolute atomic E-state index is 12.0. The average molecular weight is 347 g/mol. The van der Waals surface area contributed by atoms with E-state index in [2.05, 4.69) is 10.3 Å². The van der Waals surface area contributed by atoms with Crippen molar-refractivity contribution >= 4 is 56.7 Å². The zero-order chi connectivity index (χ0) is 15.4. The van der Waals surface area contributed by atoms with Crippen molar-refractivity contribution in [2.75, 3.05) is 17.3 Å². The summed E-state index contributed by atoms with van der Waals surface area (Å²) in [6, 6.07) is 15.8. The van der Waals surface area contributed by atoms with E-state index in [0.717, 1.165) is 25.1 Å². The van der Waals surface area contributed by atoms with Gasteiger partial charge in [0.2, 0.25) is 5.91 Å². The highest BCUT2D eigenvalue weighted by Gasteiger charge is 2.07. The molecule has 22 heavy (non-hydrogen) atoms. The lowest BCUT2D eigenvalue weighted by molar-refractivity contribution is -0.113. The van der Waals surface area contributed by atoms with Gasteiger partial charge in [0.05, 0.1) is 16.0 Å². The van der Waals surface area contributed by atoms with Crippen LogP contribution in [-0.4, -0.2) is 22.9 Å². The van der Waals surface area contributed by atoms with Gasteiger partial charge in [0.1, 0.15) is 0 Å². The molecule has 0 unspecified atom stereocenters. The summed E-state index contributed by atoms with van der Waals surface area (Å²) in [6.07, 6.45) is 2.02. The van der Waals surface area contributed by atoms with Crippen molar-refractivity contribution in [1.29, 1.82) is 0 Å². The second-order valence-corrected chi connectivity index (χ2v) is 7.65. The van der Waals surface area contributed by atoms with E-state index in [1.54, 1.807) is 23.1 Å². The van der Waals surface area contributed by atoms with Crippen molar-refractivity contribution in [1.82, 2.24) is 4.98 Å². The predicted molar refractivity (Wildman–Crippen MR) is 97.2 cm³/mol. The van der Waals surface area contributed by atoms with E-state index >= 15 is 0 Å². The van der Waals surface area contributed by atoms with Crippen LogP contribution in [0.4, 0.5) is 5.69 Å². The minimum absolute atomic E-state index is 0.00260. The molecule has 6 heteroatoms. The largest absolute Gasteiger partial charge is 0.325 e. The molecule has 2 aromatic carbocycles. The van der Waals surface area contributed by atoms with Crippen molar-refractivity contribution in [2.45, 2.75) is 9.24 Å². The topological polar surface area (TPSA) is 42.0 Å². The Morgan fingerprint density at radius 1 is 1.23 bits per heavy atom. The minimum Gasteiger partial charge on any atom is -0.325 e. The van der Waals surface area contributed by atoms with E-state index < -0.39 is 0 Å². The summed E-state index contributed by atoms with van der Waals surface area (Å²) in [5, 5.41) is 2.94. The van der Waals surface area contributed by atoms with Crippen LogP contribution in [0.3, 0.4) is 0 Å². The molecule has 1 aromatic heterocycles. The van der Waals surface area contributed by atoms with Crippen LogP contribution in [0.1, 0.15) is 0 Å². The lowest BCUT2D eigenvalue weighted by Gasteiger charge is -2.05. The van der Waals surface area contributed by atoms with Gasteiger partial charge in [0.25, 0.3) is 0 Å². The third-order valence-electron chi connectivity index (χ3n) is 2.94. The standard InChI is InChI=1S/C16H14N2OS3/c1-20-16-18-13-8-7-11(9-14(13)22-16)17-15(19)10-21-12-5-3-2-4-6-12/h2-9H,10H2,1H3,(H,17,19). The number of carbonyl (C=O) groups excluding carboxylic acids is 1. The number of thiazole rings is 1. The Hall–Kier alpha value is -1.50. The predicted octanol–water partition coefficient (Wildman–Crippen LogP) is 4.75. The Labute approximate surface area is 141 Å². The average Bonchev–Trinajstić information content (AvgIpc) is 2.96. The summed E-state index contributed by atoms with van der Waals surface area (Å²) >= 11 is 4.81. The molecule has 3 nitrogen and oxygen atoms in total. The van der Waals surface area contributed by atoms with E-state index in [9.17, 15) is 4.79 Å². The van der Waals surface area contributed by atoms with Gasteiger partial charge >= 0.3 is 0 Å². The number of hydrogen-bond donors (Lipinski definition) is 1. The second-order valence-electron chi connectivity index (χ2n) is 4.52. The van der Waals surface area contributed by atoms with Crippen LogP contribution >= 0.6 is 34.9 Å². The van der Waals surface area contributed by atoms with E-state index in [1.807, 2.05) is 54.8 Å². The molecule has 0 spiro atoms. The van der Waals surface area contributed by atoms with E-state index in [0.29, 0.717) is 5.75 Å². The third kappa shape index (κ3) is 3.82. The summed E-state index contributed by atoms with van der Waals surface area (Å²) in [7, 11) is 0. The normalized spacial score (nSPS) is 10.8. The second kappa shape index (κ2) is 7.17. The number of hydrogen-bond acceptors (Lipinski definition) is 5. The number of rotatable bonds is 5. The summed E-state index contributed by atoms with van der Waals surface area (Å²) < 4.78 is 2.14. The van der Waals surface area contributed by atoms with Crippen LogP contribution in [0.2, 0.25) is 0 Å². The number of anilines is 1. The minimum atomic E-state index is 0.00260. The fraction of sp³-hybridized carbons (Fsp3) is 0.125. The van der Waals surface area contributed by atoms with Crippen LogP contribution in [0, 0.1) is 0 Å². The smallest absolute Gasteiger partial charge is 0.234 e. The van der Waals surface area contributed by atoms with Gasteiger partial charge in [-0.25, -0.2) is 4.98 Å². The highest BCUT2D eigenvalue weighted by Crippen LogP contribution is 2.30. The molecule has 3 rings (SSSR count). The first-order valence-electron chi connectivity index (χ1n) is 6.67. The number of thioether (sulfide) groups is 2. The zero-order valence-electron chi connectivity index (χ0n) is 11.9. The molecule has 1 N–H and O–H groups in total. The molecule has 0 atom stereocenters.